The van der Waals surface area contributed by atoms with Crippen LogP contribution in [0.25, 0.3) is 34.4 Å². The van der Waals surface area contributed by atoms with E-state index in [1.165, 1.54) is 76.8 Å². The quantitative estimate of drug-likeness (QED) is 0.154. The van der Waals surface area contributed by atoms with Crippen LogP contribution in [0.2, 0.25) is 8.35 Å². The van der Waals surface area contributed by atoms with Crippen molar-refractivity contribution >= 4 is 37.0 Å². The van der Waals surface area contributed by atoms with Gasteiger partial charge in [-0.3, -0.25) is 0 Å². The van der Waals surface area contributed by atoms with Gasteiger partial charge in [-0.05, 0) is 0 Å². The van der Waals surface area contributed by atoms with Crippen LogP contribution in [0.15, 0.2) is 83.9 Å². The van der Waals surface area contributed by atoms with Gasteiger partial charge in [0.05, 0.1) is 0 Å². The summed E-state index contributed by atoms with van der Waals surface area (Å²) in [4.78, 5) is 0. The van der Waals surface area contributed by atoms with Crippen LogP contribution >= 0.6 is 24.8 Å². The third kappa shape index (κ3) is 9.44. The summed E-state index contributed by atoms with van der Waals surface area (Å²) in [5.41, 5.74) is 21.7. The fourth-order valence-electron chi connectivity index (χ4n) is 10.3. The van der Waals surface area contributed by atoms with Gasteiger partial charge in [-0.2, -0.15) is 0 Å². The first kappa shape index (κ1) is 47.9. The zero-order valence-corrected chi connectivity index (χ0v) is 44.8. The Bertz CT molecular complexity index is 2030. The topological polar surface area (TPSA) is 0 Å². The zero-order chi connectivity index (χ0) is 41.6. The molecule has 0 saturated carbocycles. The van der Waals surface area contributed by atoms with Gasteiger partial charge in [-0.15, -0.1) is 24.8 Å². The predicted molar refractivity (Wildman–Crippen MR) is 263 cm³/mol. The third-order valence-electron chi connectivity index (χ3n) is 13.5. The van der Waals surface area contributed by atoms with Crippen LogP contribution < -0.4 is 0 Å². The van der Waals surface area contributed by atoms with Crippen LogP contribution in [-0.4, -0.2) is 0 Å². The number of hydrogen-bond donors (Lipinski definition) is 0. The number of fused-ring (bicyclic) bond motifs is 2. The van der Waals surface area contributed by atoms with Crippen molar-refractivity contribution < 1.29 is 20.0 Å². The Hall–Kier alpha value is -2.19. The minimum atomic E-state index is -3.15. The maximum atomic E-state index is 2.72. The minimum Gasteiger partial charge on any atom is -0.147 e. The molecule has 59 heavy (non-hydrogen) atoms. The number of benzene rings is 4. The molecule has 4 aromatic carbocycles. The molecule has 2 unspecified atom stereocenters. The molecule has 2 aliphatic carbocycles. The van der Waals surface area contributed by atoms with E-state index in [9.17, 15) is 0 Å². The van der Waals surface area contributed by atoms with Gasteiger partial charge in [-0.25, -0.2) is 0 Å². The molecule has 3 aliphatic rings. The average molecular weight is 999 g/mol. The van der Waals surface area contributed by atoms with Crippen LogP contribution in [-0.2, 0) is 41.6 Å². The molecule has 0 radical (unpaired) electrons. The molecule has 0 N–H and O–H groups in total. The van der Waals surface area contributed by atoms with Gasteiger partial charge < -0.3 is 0 Å². The number of hydrogen-bond acceptors (Lipinski definition) is 0. The van der Waals surface area contributed by atoms with Crippen LogP contribution in [0.5, 0.6) is 0 Å². The molecule has 1 saturated heterocycles. The smallest absolute Gasteiger partial charge is 0.147 e. The first-order chi connectivity index (χ1) is 26.4. The van der Waals surface area contributed by atoms with E-state index in [0.29, 0.717) is 19.2 Å². The Morgan fingerprint density at radius 3 is 1.03 bits per heavy atom. The van der Waals surface area contributed by atoms with Crippen molar-refractivity contribution in [3.63, 3.8) is 0 Å². The standard InChI is InChI=1S/2C27H35.C2H4.2ClH.Hf/c2*1-18(2)12-19-13-20-10-9-11-24(25(20)14-19)21-15-22(26(3,4)5)17-23(16-21)27(6,7)8;1-2;;;/h2*9-11,13-18H,12H2,1-8H3;1-2H2;2*1H;. The van der Waals surface area contributed by atoms with Crippen molar-refractivity contribution in [1.29, 1.82) is 0 Å². The van der Waals surface area contributed by atoms with E-state index in [1.807, 2.05) is 0 Å². The Morgan fingerprint density at radius 2 is 0.780 bits per heavy atom. The molecule has 0 amide bonds. The summed E-state index contributed by atoms with van der Waals surface area (Å²) in [6.45, 7) is 38.2. The van der Waals surface area contributed by atoms with Crippen molar-refractivity contribution in [2.24, 2.45) is 11.8 Å². The van der Waals surface area contributed by atoms with Crippen LogP contribution in [0.1, 0.15) is 175 Å². The Labute approximate surface area is 377 Å². The van der Waals surface area contributed by atoms with Gasteiger partial charge in [-0.1, -0.05) is 0 Å². The summed E-state index contributed by atoms with van der Waals surface area (Å²) < 4.78 is 4.30. The second-order valence-corrected chi connectivity index (χ2v) is 40.1. The Morgan fingerprint density at radius 1 is 0.475 bits per heavy atom. The summed E-state index contributed by atoms with van der Waals surface area (Å²) in [6.07, 6.45) is 7.85. The summed E-state index contributed by atoms with van der Waals surface area (Å²) in [6, 6.07) is 29.9. The van der Waals surface area contributed by atoms with Gasteiger partial charge in [0, 0.05) is 0 Å². The second-order valence-electron chi connectivity index (χ2n) is 23.4. The molecular weight excluding hydrogens is 922 g/mol. The largest absolute Gasteiger partial charge is 0.147 e. The Kier molecular flexibility index (Phi) is 13.7. The molecule has 1 aliphatic heterocycles. The summed E-state index contributed by atoms with van der Waals surface area (Å²) >= 11 is -3.15. The fraction of sp³-hybridized carbons (Fsp3) is 0.500. The molecule has 0 nitrogen and oxygen atoms in total. The molecule has 0 aromatic heterocycles. The van der Waals surface area contributed by atoms with Crippen LogP contribution in [0, 0.1) is 11.8 Å². The summed E-state index contributed by atoms with van der Waals surface area (Å²) in [5.74, 6) is 1.27. The number of rotatable bonds is 8. The van der Waals surface area contributed by atoms with Crippen molar-refractivity contribution in [3.8, 4) is 22.3 Å². The van der Waals surface area contributed by atoms with Crippen LogP contribution in [0.3, 0.4) is 0 Å². The maximum Gasteiger partial charge on any atom is -0.147 e. The molecule has 1 heterocycles. The maximum absolute atomic E-state index is 3.15. The SMILES string of the molecule is CC(C)CC1=Cc2c(-c3cc(C(C)(C)C)cc(C(C)(C)C)c3)cccc2[CH]1[Hf]1([CH]2C(CC(C)C)=Cc3c(-c4cc(C(C)(C)C)cc(C(C)(C)C)c4)cccc32)[CH2][CH2]1.Cl.Cl. The van der Waals surface area contributed by atoms with Gasteiger partial charge >= 0.3 is 356 Å². The Balaban J connectivity index is 0.00000331. The minimum absolute atomic E-state index is 0. The van der Waals surface area contributed by atoms with Crippen molar-refractivity contribution in [2.45, 2.75) is 161 Å². The second kappa shape index (κ2) is 16.8. The first-order valence-electron chi connectivity index (χ1n) is 22.4. The molecule has 2 atom stereocenters. The van der Waals surface area contributed by atoms with Gasteiger partial charge in [0.2, 0.25) is 0 Å². The molecule has 4 aromatic rings. The van der Waals surface area contributed by atoms with E-state index in [-0.39, 0.29) is 46.5 Å². The van der Waals surface area contributed by atoms with Gasteiger partial charge in [0.25, 0.3) is 0 Å². The van der Waals surface area contributed by atoms with Gasteiger partial charge in [0.15, 0.2) is 0 Å². The molecule has 7 rings (SSSR count). The first-order valence-corrected chi connectivity index (χ1v) is 31.6. The van der Waals surface area contributed by atoms with Gasteiger partial charge in [0.1, 0.15) is 0 Å². The van der Waals surface area contributed by atoms with E-state index in [2.05, 4.69) is 196 Å². The van der Waals surface area contributed by atoms with E-state index in [1.54, 1.807) is 22.3 Å². The molecule has 0 spiro atoms. The number of halogens is 2. The zero-order valence-electron chi connectivity index (χ0n) is 39.5. The molecule has 318 valence electrons. The van der Waals surface area contributed by atoms with E-state index >= 15 is 0 Å². The third-order valence-corrected chi connectivity index (χ3v) is 32.6. The van der Waals surface area contributed by atoms with E-state index in [0.717, 1.165) is 0 Å². The van der Waals surface area contributed by atoms with E-state index < -0.39 is 20.0 Å². The summed E-state index contributed by atoms with van der Waals surface area (Å²) in [7, 11) is 0. The molecular formula is C56H76Cl2Hf. The van der Waals surface area contributed by atoms with Crippen molar-refractivity contribution in [3.05, 3.63) is 128 Å². The number of allylic oxidation sites excluding steroid dienone is 2. The van der Waals surface area contributed by atoms with Crippen molar-refractivity contribution in [2.75, 3.05) is 0 Å². The monoisotopic (exact) mass is 998 g/mol. The van der Waals surface area contributed by atoms with E-state index in [4.69, 9.17) is 0 Å². The molecule has 0 bridgehead atoms. The van der Waals surface area contributed by atoms with Crippen molar-refractivity contribution in [1.82, 2.24) is 0 Å². The predicted octanol–water partition coefficient (Wildman–Crippen LogP) is 17.7. The normalized spacial score (nSPS) is 18.5. The van der Waals surface area contributed by atoms with Crippen LogP contribution in [0.4, 0.5) is 0 Å². The summed E-state index contributed by atoms with van der Waals surface area (Å²) in [5, 5.41) is 0. The average Bonchev–Trinajstić information content (AvgIpc) is 3.65. The fourth-order valence-corrected chi connectivity index (χ4v) is 38.2. The molecule has 1 fully saturated rings. The molecule has 3 heteroatoms.